The number of imidazole rings is 1. The van der Waals surface area contributed by atoms with Crippen LogP contribution >= 0.6 is 11.3 Å². The molecule has 0 fully saturated rings. The zero-order valence-corrected chi connectivity index (χ0v) is 15.6. The molecule has 0 spiro atoms. The molecule has 3 aromatic rings. The number of rotatable bonds is 7. The van der Waals surface area contributed by atoms with Gasteiger partial charge in [-0.05, 0) is 43.3 Å². The van der Waals surface area contributed by atoms with Crippen molar-refractivity contribution < 1.29 is 0 Å². The number of para-hydroxylation sites is 2. The van der Waals surface area contributed by atoms with Gasteiger partial charge in [0.15, 0.2) is 5.96 Å². The van der Waals surface area contributed by atoms with E-state index in [0.717, 1.165) is 49.8 Å². The van der Waals surface area contributed by atoms with Crippen LogP contribution in [0.1, 0.15) is 17.1 Å². The minimum absolute atomic E-state index is 0.865. The number of hydrogen-bond donors (Lipinski definition) is 2. The molecule has 5 nitrogen and oxygen atoms in total. The number of nitrogens with zero attached hydrogens (tertiary/aromatic N) is 3. The summed E-state index contributed by atoms with van der Waals surface area (Å²) < 4.78 is 2.28. The van der Waals surface area contributed by atoms with Gasteiger partial charge >= 0.3 is 0 Å². The maximum atomic E-state index is 4.62. The number of thiophene rings is 1. The van der Waals surface area contributed by atoms with Crippen molar-refractivity contribution in [2.45, 2.75) is 26.3 Å². The van der Waals surface area contributed by atoms with Gasteiger partial charge in [0.1, 0.15) is 5.82 Å². The molecule has 2 aromatic heterocycles. The van der Waals surface area contributed by atoms with E-state index >= 15 is 0 Å². The molecular weight excluding hydrogens is 330 g/mol. The molecule has 25 heavy (non-hydrogen) atoms. The number of hydrogen-bond acceptors (Lipinski definition) is 3. The summed E-state index contributed by atoms with van der Waals surface area (Å²) in [5.41, 5.74) is 2.28. The Kier molecular flexibility index (Phi) is 6.06. The summed E-state index contributed by atoms with van der Waals surface area (Å²) in [5, 5.41) is 8.87. The Bertz CT molecular complexity index is 820. The van der Waals surface area contributed by atoms with Crippen LogP contribution in [-0.4, -0.2) is 35.6 Å². The van der Waals surface area contributed by atoms with Gasteiger partial charge in [-0.1, -0.05) is 18.2 Å². The normalized spacial score (nSPS) is 11.8. The molecule has 0 amide bonds. The van der Waals surface area contributed by atoms with Gasteiger partial charge in [-0.25, -0.2) is 4.98 Å². The number of aliphatic imine (C=N–C) groups is 1. The van der Waals surface area contributed by atoms with Crippen LogP contribution in [-0.2, 0) is 13.0 Å². The van der Waals surface area contributed by atoms with Crippen LogP contribution < -0.4 is 10.6 Å². The molecule has 0 saturated heterocycles. The molecule has 1 aromatic carbocycles. The van der Waals surface area contributed by atoms with Crippen molar-refractivity contribution in [2.75, 3.05) is 20.1 Å². The van der Waals surface area contributed by atoms with Crippen molar-refractivity contribution in [3.8, 4) is 0 Å². The molecule has 3 rings (SSSR count). The Morgan fingerprint density at radius 3 is 2.80 bits per heavy atom. The zero-order chi connectivity index (χ0) is 17.5. The number of benzene rings is 1. The second kappa shape index (κ2) is 8.67. The number of guanidine groups is 1. The van der Waals surface area contributed by atoms with Crippen LogP contribution in [0.5, 0.6) is 0 Å². The minimum Gasteiger partial charge on any atom is -0.356 e. The third kappa shape index (κ3) is 4.60. The first-order valence-corrected chi connectivity index (χ1v) is 9.54. The maximum Gasteiger partial charge on any atom is 0.190 e. The highest BCUT2D eigenvalue weighted by molar-refractivity contribution is 7.09. The summed E-state index contributed by atoms with van der Waals surface area (Å²) in [7, 11) is 1.81. The summed E-state index contributed by atoms with van der Waals surface area (Å²) >= 11 is 1.80. The lowest BCUT2D eigenvalue weighted by atomic mass is 10.3. The van der Waals surface area contributed by atoms with Crippen LogP contribution in [0, 0.1) is 6.92 Å². The SMILES string of the molecule is CN=C(NCCCn1c(C)nc2ccccc21)NCCc1cccs1. The van der Waals surface area contributed by atoms with Crippen molar-refractivity contribution >= 4 is 28.3 Å². The van der Waals surface area contributed by atoms with Crippen molar-refractivity contribution in [2.24, 2.45) is 4.99 Å². The van der Waals surface area contributed by atoms with Gasteiger partial charge < -0.3 is 15.2 Å². The molecule has 0 aliphatic carbocycles. The molecule has 0 radical (unpaired) electrons. The fourth-order valence-corrected chi connectivity index (χ4v) is 3.61. The fourth-order valence-electron chi connectivity index (χ4n) is 2.90. The third-order valence-electron chi connectivity index (χ3n) is 4.16. The summed E-state index contributed by atoms with van der Waals surface area (Å²) in [6.45, 7) is 4.79. The molecule has 0 aliphatic heterocycles. The van der Waals surface area contributed by atoms with Gasteiger partial charge in [0.2, 0.25) is 0 Å². The Labute approximate surface area is 152 Å². The molecule has 132 valence electrons. The average Bonchev–Trinajstić information content (AvgIpc) is 3.24. The second-order valence-electron chi connectivity index (χ2n) is 5.91. The average molecular weight is 356 g/mol. The Balaban J connectivity index is 1.43. The standard InChI is InChI=1S/C19H25N5S/c1-15-23-17-8-3-4-9-18(17)24(15)13-6-11-21-19(20-2)22-12-10-16-7-5-14-25-16/h3-5,7-9,14H,6,10-13H2,1-2H3,(H2,20,21,22). The first-order chi connectivity index (χ1) is 12.3. The van der Waals surface area contributed by atoms with E-state index in [1.807, 2.05) is 13.1 Å². The van der Waals surface area contributed by atoms with Crippen LogP contribution in [0.3, 0.4) is 0 Å². The lowest BCUT2D eigenvalue weighted by Crippen LogP contribution is -2.38. The van der Waals surface area contributed by atoms with Gasteiger partial charge in [-0.3, -0.25) is 4.99 Å². The predicted octanol–water partition coefficient (Wildman–Crippen LogP) is 3.20. The van der Waals surface area contributed by atoms with E-state index in [2.05, 4.69) is 67.8 Å². The zero-order valence-electron chi connectivity index (χ0n) is 14.8. The Hall–Kier alpha value is -2.34. The van der Waals surface area contributed by atoms with Gasteiger partial charge in [0, 0.05) is 31.6 Å². The van der Waals surface area contributed by atoms with E-state index in [0.29, 0.717) is 0 Å². The van der Waals surface area contributed by atoms with Gasteiger partial charge in [0.05, 0.1) is 11.0 Å². The Morgan fingerprint density at radius 2 is 2.00 bits per heavy atom. The van der Waals surface area contributed by atoms with Gasteiger partial charge in [-0.2, -0.15) is 0 Å². The van der Waals surface area contributed by atoms with Gasteiger partial charge in [-0.15, -0.1) is 11.3 Å². The smallest absolute Gasteiger partial charge is 0.190 e. The summed E-state index contributed by atoms with van der Waals surface area (Å²) in [6.07, 6.45) is 2.05. The van der Waals surface area contributed by atoms with E-state index in [-0.39, 0.29) is 0 Å². The summed E-state index contributed by atoms with van der Waals surface area (Å²) in [5.74, 6) is 1.93. The third-order valence-corrected chi connectivity index (χ3v) is 5.10. The molecule has 0 bridgehead atoms. The van der Waals surface area contributed by atoms with E-state index in [4.69, 9.17) is 0 Å². The largest absolute Gasteiger partial charge is 0.356 e. The van der Waals surface area contributed by atoms with E-state index in [1.165, 1.54) is 10.4 Å². The van der Waals surface area contributed by atoms with Crippen molar-refractivity contribution in [3.63, 3.8) is 0 Å². The van der Waals surface area contributed by atoms with E-state index in [1.54, 1.807) is 11.3 Å². The van der Waals surface area contributed by atoms with Crippen LogP contribution in [0.2, 0.25) is 0 Å². The molecule has 6 heteroatoms. The first-order valence-electron chi connectivity index (χ1n) is 8.66. The molecular formula is C19H25N5S. The highest BCUT2D eigenvalue weighted by Crippen LogP contribution is 2.15. The lowest BCUT2D eigenvalue weighted by Gasteiger charge is -2.12. The number of aryl methyl sites for hydroxylation is 2. The monoisotopic (exact) mass is 355 g/mol. The van der Waals surface area contributed by atoms with Gasteiger partial charge in [0.25, 0.3) is 0 Å². The lowest BCUT2D eigenvalue weighted by molar-refractivity contribution is 0.624. The quantitative estimate of drug-likeness (QED) is 0.389. The maximum absolute atomic E-state index is 4.62. The highest BCUT2D eigenvalue weighted by atomic mass is 32.1. The Morgan fingerprint density at radius 1 is 1.16 bits per heavy atom. The summed E-state index contributed by atoms with van der Waals surface area (Å²) in [6, 6.07) is 12.6. The number of fused-ring (bicyclic) bond motifs is 1. The van der Waals surface area contributed by atoms with E-state index < -0.39 is 0 Å². The second-order valence-corrected chi connectivity index (χ2v) is 6.94. The van der Waals surface area contributed by atoms with Crippen LogP contribution in [0.25, 0.3) is 11.0 Å². The predicted molar refractivity (Wildman–Crippen MR) is 106 cm³/mol. The van der Waals surface area contributed by atoms with Crippen molar-refractivity contribution in [3.05, 3.63) is 52.5 Å². The molecule has 2 N–H and O–H groups in total. The minimum atomic E-state index is 0.865. The number of aromatic nitrogens is 2. The first kappa shape index (κ1) is 17.5. The fraction of sp³-hybridized carbons (Fsp3) is 0.368. The van der Waals surface area contributed by atoms with E-state index in [9.17, 15) is 0 Å². The van der Waals surface area contributed by atoms with Crippen molar-refractivity contribution in [1.29, 1.82) is 0 Å². The van der Waals surface area contributed by atoms with Crippen LogP contribution in [0.4, 0.5) is 0 Å². The summed E-state index contributed by atoms with van der Waals surface area (Å²) in [4.78, 5) is 10.3. The number of nitrogens with one attached hydrogen (secondary N) is 2. The molecule has 0 unspecified atom stereocenters. The van der Waals surface area contributed by atoms with Crippen LogP contribution in [0.15, 0.2) is 46.8 Å². The van der Waals surface area contributed by atoms with Crippen molar-refractivity contribution in [1.82, 2.24) is 20.2 Å². The molecule has 2 heterocycles. The highest BCUT2D eigenvalue weighted by Gasteiger charge is 2.06. The molecule has 0 saturated carbocycles. The topological polar surface area (TPSA) is 54.2 Å². The molecule has 0 atom stereocenters. The molecule has 0 aliphatic rings.